The largest absolute Gasteiger partial charge is 0.347 e. The van der Waals surface area contributed by atoms with E-state index in [9.17, 15) is 9.59 Å². The van der Waals surface area contributed by atoms with Gasteiger partial charge >= 0.3 is 11.4 Å². The molecule has 0 saturated heterocycles. The minimum atomic E-state index is -0.0486. The highest BCUT2D eigenvalue weighted by Crippen LogP contribution is 3.06. The highest BCUT2D eigenvalue weighted by atomic mass is 16.2. The summed E-state index contributed by atoms with van der Waals surface area (Å²) in [6, 6.07) is 0.760. The number of fused-ring (bicyclic) bond motifs is 1. The first-order chi connectivity index (χ1) is 10.1. The van der Waals surface area contributed by atoms with Gasteiger partial charge in [0.2, 0.25) is 0 Å². The van der Waals surface area contributed by atoms with Crippen molar-refractivity contribution in [3.05, 3.63) is 21.0 Å². The molecule has 2 aliphatic heterocycles. The quantitative estimate of drug-likeness (QED) is 0.690. The van der Waals surface area contributed by atoms with E-state index in [0.717, 1.165) is 35.5 Å². The normalized spacial score (nSPS) is 67.5. The molecule has 6 fully saturated rings. The Hall–Kier alpha value is -1.26. The van der Waals surface area contributed by atoms with Crippen molar-refractivity contribution in [2.75, 3.05) is 0 Å². The average molecular weight is 283 g/mol. The molecule has 2 spiro atoms. The number of rotatable bonds is 0. The van der Waals surface area contributed by atoms with Crippen molar-refractivity contribution in [1.82, 2.24) is 13.9 Å². The maximum Gasteiger partial charge on any atom is 0.347 e. The van der Waals surface area contributed by atoms with Crippen LogP contribution in [0.2, 0.25) is 0 Å². The highest BCUT2D eigenvalue weighted by Gasteiger charge is 3.04. The van der Waals surface area contributed by atoms with Gasteiger partial charge in [-0.25, -0.2) is 23.5 Å². The van der Waals surface area contributed by atoms with Crippen molar-refractivity contribution in [2.45, 2.75) is 31.3 Å². The lowest BCUT2D eigenvalue weighted by Crippen LogP contribution is -2.53. The minimum absolute atomic E-state index is 0.0486. The lowest BCUT2D eigenvalue weighted by atomic mass is 9.65. The van der Waals surface area contributed by atoms with Gasteiger partial charge in [0.1, 0.15) is 0 Å². The topological polar surface area (TPSA) is 48.9 Å². The number of hydrogen-bond acceptors (Lipinski definition) is 2. The number of nitrogens with zero attached hydrogens (tertiary/aromatic N) is 3. The maximum absolute atomic E-state index is 12.6. The third-order valence-electron chi connectivity index (χ3n) is 9.25. The van der Waals surface area contributed by atoms with Gasteiger partial charge in [-0.1, -0.05) is 0 Å². The van der Waals surface area contributed by atoms with E-state index in [4.69, 9.17) is 0 Å². The molecule has 10 atom stereocenters. The van der Waals surface area contributed by atoms with Crippen LogP contribution in [-0.4, -0.2) is 13.9 Å². The Morgan fingerprint density at radius 1 is 0.905 bits per heavy atom. The molecule has 8 aliphatic rings. The molecular weight excluding hydrogens is 266 g/mol. The van der Waals surface area contributed by atoms with Crippen molar-refractivity contribution >= 4 is 0 Å². The summed E-state index contributed by atoms with van der Waals surface area (Å²) < 4.78 is 5.22. The molecule has 6 saturated carbocycles. The summed E-state index contributed by atoms with van der Waals surface area (Å²) in [6.45, 7) is 0. The molecule has 1 aromatic rings. The molecule has 0 radical (unpaired) electrons. The van der Waals surface area contributed by atoms with Gasteiger partial charge in [-0.05, 0) is 54.8 Å². The molecule has 9 rings (SSSR count). The fraction of sp³-hybridized carbons (Fsp3) is 0.875. The Kier molecular flexibility index (Phi) is 0.979. The molecular formula is C16H17N3O2. The molecule has 5 nitrogen and oxygen atoms in total. The monoisotopic (exact) mass is 283 g/mol. The van der Waals surface area contributed by atoms with Crippen LogP contribution in [0, 0.1) is 46.3 Å². The summed E-state index contributed by atoms with van der Waals surface area (Å²) in [7, 11) is 1.66. The van der Waals surface area contributed by atoms with Gasteiger partial charge in [0.15, 0.2) is 0 Å². The lowest BCUT2D eigenvalue weighted by molar-refractivity contribution is -0.0268. The smallest absolute Gasteiger partial charge is 0.246 e. The molecule has 6 aliphatic carbocycles. The third-order valence-corrected chi connectivity index (χ3v) is 9.25. The van der Waals surface area contributed by atoms with E-state index in [1.165, 1.54) is 23.8 Å². The molecule has 21 heavy (non-hydrogen) atoms. The number of aromatic nitrogens is 3. The first kappa shape index (κ1) is 9.70. The molecule has 108 valence electrons. The second-order valence-electron chi connectivity index (χ2n) is 9.16. The first-order valence-electron chi connectivity index (χ1n) is 8.54. The van der Waals surface area contributed by atoms with E-state index in [0.29, 0.717) is 22.9 Å². The van der Waals surface area contributed by atoms with E-state index in [1.54, 1.807) is 7.05 Å². The third kappa shape index (κ3) is 0.573. The zero-order chi connectivity index (χ0) is 13.6. The van der Waals surface area contributed by atoms with Crippen LogP contribution >= 0.6 is 0 Å². The van der Waals surface area contributed by atoms with Gasteiger partial charge in [0.05, 0.1) is 12.1 Å². The predicted molar refractivity (Wildman–Crippen MR) is 71.7 cm³/mol. The Bertz CT molecular complexity index is 853. The first-order valence-corrected chi connectivity index (χ1v) is 8.54. The molecule has 5 heteroatoms. The number of hydrogen-bond donors (Lipinski definition) is 0. The second-order valence-corrected chi connectivity index (χ2v) is 9.16. The molecule has 0 aromatic carbocycles. The predicted octanol–water partition coefficient (Wildman–Crippen LogP) is 0.366. The Morgan fingerprint density at radius 3 is 1.95 bits per heavy atom. The standard InChI is InChI=1S/C16H17N3O2/c1-17-13(20)18-11-8-7-9(8)12(19(18)14(17)21)16-4-6-2-5(6)3-15(11,16)10(7)16/h5-12H,2-4H2,1H3/t5-,6-,7?,8-,9-,10?,11-,12-,15-,16+/m0/s1. The van der Waals surface area contributed by atoms with Gasteiger partial charge < -0.3 is 0 Å². The van der Waals surface area contributed by atoms with Crippen molar-refractivity contribution in [3.8, 4) is 0 Å². The van der Waals surface area contributed by atoms with Gasteiger partial charge in [-0.2, -0.15) is 0 Å². The molecule has 0 N–H and O–H groups in total. The summed E-state index contributed by atoms with van der Waals surface area (Å²) in [4.78, 5) is 25.3. The summed E-state index contributed by atoms with van der Waals surface area (Å²) in [5, 5.41) is 0. The lowest BCUT2D eigenvalue weighted by Gasteiger charge is -2.50. The van der Waals surface area contributed by atoms with E-state index >= 15 is 0 Å². The van der Waals surface area contributed by atoms with Crippen molar-refractivity contribution in [1.29, 1.82) is 0 Å². The van der Waals surface area contributed by atoms with Gasteiger partial charge in [-0.3, -0.25) is 0 Å². The Balaban J connectivity index is 1.55. The SMILES string of the molecule is Cn1c(=O)n2n(c1=O)[C@H]1[C@H]3C4C5[C@@]6(C[C@@H]7C[C@H]7C[C@@]516)[C@@H]2[C@@H]43. The van der Waals surface area contributed by atoms with Gasteiger partial charge in [-0.15, -0.1) is 0 Å². The molecule has 1 aromatic heterocycles. The van der Waals surface area contributed by atoms with Crippen LogP contribution in [0.1, 0.15) is 31.3 Å². The van der Waals surface area contributed by atoms with Crippen LogP contribution in [0.5, 0.6) is 0 Å². The van der Waals surface area contributed by atoms with E-state index < -0.39 is 0 Å². The zero-order valence-electron chi connectivity index (χ0n) is 11.9. The van der Waals surface area contributed by atoms with Crippen LogP contribution in [0.4, 0.5) is 0 Å². The van der Waals surface area contributed by atoms with Crippen molar-refractivity contribution in [2.24, 2.45) is 53.4 Å². The van der Waals surface area contributed by atoms with Crippen molar-refractivity contribution in [3.63, 3.8) is 0 Å². The van der Waals surface area contributed by atoms with Crippen LogP contribution in [0.3, 0.4) is 0 Å². The van der Waals surface area contributed by atoms with E-state index in [2.05, 4.69) is 0 Å². The Morgan fingerprint density at radius 2 is 1.43 bits per heavy atom. The zero-order valence-corrected chi connectivity index (χ0v) is 11.9. The molecule has 2 bridgehead atoms. The fourth-order valence-corrected chi connectivity index (χ4v) is 9.04. The molecule has 0 amide bonds. The van der Waals surface area contributed by atoms with Crippen LogP contribution in [0.15, 0.2) is 9.59 Å². The van der Waals surface area contributed by atoms with Crippen LogP contribution in [0.25, 0.3) is 0 Å². The summed E-state index contributed by atoms with van der Waals surface area (Å²) >= 11 is 0. The highest BCUT2D eigenvalue weighted by molar-refractivity contribution is 5.50. The van der Waals surface area contributed by atoms with Crippen molar-refractivity contribution < 1.29 is 0 Å². The average Bonchev–Trinajstić information content (AvgIpc) is 3.37. The molecule has 3 heterocycles. The maximum atomic E-state index is 12.6. The Labute approximate surface area is 120 Å². The summed E-state index contributed by atoms with van der Waals surface area (Å²) in [5.74, 6) is 5.15. The second kappa shape index (κ2) is 2.12. The fourth-order valence-electron chi connectivity index (χ4n) is 9.04. The van der Waals surface area contributed by atoms with Gasteiger partial charge in [0, 0.05) is 17.9 Å². The van der Waals surface area contributed by atoms with Crippen LogP contribution < -0.4 is 11.4 Å². The van der Waals surface area contributed by atoms with E-state index in [-0.39, 0.29) is 11.4 Å². The van der Waals surface area contributed by atoms with Crippen LogP contribution in [-0.2, 0) is 7.05 Å². The minimum Gasteiger partial charge on any atom is -0.246 e. The molecule has 2 unspecified atom stereocenters. The summed E-state index contributed by atoms with van der Waals surface area (Å²) in [5.41, 5.74) is 0.786. The van der Waals surface area contributed by atoms with Gasteiger partial charge in [0.25, 0.3) is 0 Å². The van der Waals surface area contributed by atoms with E-state index in [1.807, 2.05) is 9.36 Å². The summed E-state index contributed by atoms with van der Waals surface area (Å²) in [6.07, 6.45) is 4.18.